The molecule has 2 unspecified atom stereocenters. The van der Waals surface area contributed by atoms with Crippen LogP contribution in [0.1, 0.15) is 27.2 Å². The van der Waals surface area contributed by atoms with Crippen molar-refractivity contribution in [2.75, 3.05) is 5.75 Å². The van der Waals surface area contributed by atoms with Crippen LogP contribution in [0.4, 0.5) is 0 Å². The first-order chi connectivity index (χ1) is 5.37. The molecule has 0 aliphatic carbocycles. The number of sulfonamides is 1. The quantitative estimate of drug-likeness (QED) is 0.759. The number of nitrogens with one attached hydrogen (secondary N) is 1. The van der Waals surface area contributed by atoms with E-state index in [0.717, 1.165) is 6.42 Å². The Balaban J connectivity index is 3.93. The maximum absolute atomic E-state index is 11.1. The van der Waals surface area contributed by atoms with Gasteiger partial charge in [-0.1, -0.05) is 22.9 Å². The average Bonchev–Trinajstić information content (AvgIpc) is 1.84. The van der Waals surface area contributed by atoms with E-state index in [1.165, 1.54) is 0 Å². The van der Waals surface area contributed by atoms with Crippen molar-refractivity contribution < 1.29 is 8.42 Å². The molecule has 2 atom stereocenters. The van der Waals surface area contributed by atoms with Crippen molar-refractivity contribution in [1.29, 1.82) is 0 Å². The summed E-state index contributed by atoms with van der Waals surface area (Å²) >= 11 is 3.37. The molecule has 0 aromatic carbocycles. The molecule has 0 radical (unpaired) electrons. The molecule has 5 heteroatoms. The van der Waals surface area contributed by atoms with Gasteiger partial charge in [0.15, 0.2) is 0 Å². The van der Waals surface area contributed by atoms with E-state index >= 15 is 0 Å². The van der Waals surface area contributed by atoms with Crippen molar-refractivity contribution in [3.05, 3.63) is 0 Å². The van der Waals surface area contributed by atoms with Gasteiger partial charge < -0.3 is 0 Å². The summed E-state index contributed by atoms with van der Waals surface area (Å²) in [6.07, 6.45) is 0.805. The molecule has 3 nitrogen and oxygen atoms in total. The lowest BCUT2D eigenvalue weighted by atomic mass is 10.2. The summed E-state index contributed by atoms with van der Waals surface area (Å²) in [5.74, 6) is 0.147. The summed E-state index contributed by atoms with van der Waals surface area (Å²) in [5.41, 5.74) is 0. The van der Waals surface area contributed by atoms with Gasteiger partial charge in [0.2, 0.25) is 10.0 Å². The summed E-state index contributed by atoms with van der Waals surface area (Å²) in [4.78, 5) is 0.340. The number of rotatable bonds is 5. The summed E-state index contributed by atoms with van der Waals surface area (Å²) < 4.78 is 24.7. The lowest BCUT2D eigenvalue weighted by molar-refractivity contribution is 0.549. The molecule has 0 bridgehead atoms. The zero-order chi connectivity index (χ0) is 9.78. The maximum Gasteiger partial charge on any atom is 0.211 e. The molecule has 74 valence electrons. The second kappa shape index (κ2) is 5.19. The zero-order valence-corrected chi connectivity index (χ0v) is 10.1. The Kier molecular flexibility index (Phi) is 5.36. The molecule has 0 rings (SSSR count). The second-order valence-electron chi connectivity index (χ2n) is 2.94. The van der Waals surface area contributed by atoms with Crippen LogP contribution in [0.15, 0.2) is 0 Å². The second-order valence-corrected chi connectivity index (χ2v) is 6.54. The van der Waals surface area contributed by atoms with Crippen LogP contribution in [-0.4, -0.2) is 25.0 Å². The molecule has 0 amide bonds. The minimum atomic E-state index is -3.04. The minimum absolute atomic E-state index is 0.00400. The van der Waals surface area contributed by atoms with Crippen LogP contribution in [0.5, 0.6) is 0 Å². The number of alkyl halides is 1. The Labute approximate surface area is 83.1 Å². The van der Waals surface area contributed by atoms with Crippen LogP contribution in [0.3, 0.4) is 0 Å². The van der Waals surface area contributed by atoms with E-state index < -0.39 is 10.0 Å². The first kappa shape index (κ1) is 12.4. The normalized spacial score (nSPS) is 17.3. The van der Waals surface area contributed by atoms with Gasteiger partial charge in [0, 0.05) is 10.9 Å². The van der Waals surface area contributed by atoms with E-state index in [1.807, 2.05) is 13.8 Å². The third-order valence-electron chi connectivity index (χ3n) is 1.44. The monoisotopic (exact) mass is 257 g/mol. The lowest BCUT2D eigenvalue weighted by Crippen LogP contribution is -2.34. The summed E-state index contributed by atoms with van der Waals surface area (Å²) in [6, 6.07) is 0.00400. The highest BCUT2D eigenvalue weighted by Crippen LogP contribution is 2.07. The molecule has 1 N–H and O–H groups in total. The van der Waals surface area contributed by atoms with Gasteiger partial charge >= 0.3 is 0 Å². The van der Waals surface area contributed by atoms with Crippen LogP contribution in [0.2, 0.25) is 0 Å². The SMILES string of the molecule is CCS(=O)(=O)NC(C)CC(C)Br. The van der Waals surface area contributed by atoms with E-state index in [0.29, 0.717) is 4.83 Å². The molecule has 0 aliphatic heterocycles. The highest BCUT2D eigenvalue weighted by atomic mass is 79.9. The highest BCUT2D eigenvalue weighted by molar-refractivity contribution is 9.09. The number of hydrogen-bond acceptors (Lipinski definition) is 2. The highest BCUT2D eigenvalue weighted by Gasteiger charge is 2.12. The largest absolute Gasteiger partial charge is 0.212 e. The van der Waals surface area contributed by atoms with E-state index in [-0.39, 0.29) is 11.8 Å². The van der Waals surface area contributed by atoms with Gasteiger partial charge in [-0.2, -0.15) is 0 Å². The summed E-state index contributed by atoms with van der Waals surface area (Å²) in [6.45, 7) is 5.49. The van der Waals surface area contributed by atoms with E-state index in [4.69, 9.17) is 0 Å². The maximum atomic E-state index is 11.1. The molecule has 0 heterocycles. The molecule has 0 aromatic heterocycles. The van der Waals surface area contributed by atoms with Crippen molar-refractivity contribution in [3.8, 4) is 0 Å². The fraction of sp³-hybridized carbons (Fsp3) is 1.00. The number of hydrogen-bond donors (Lipinski definition) is 1. The van der Waals surface area contributed by atoms with Crippen LogP contribution in [0.25, 0.3) is 0 Å². The third kappa shape index (κ3) is 5.97. The summed E-state index contributed by atoms with van der Waals surface area (Å²) in [7, 11) is -3.04. The third-order valence-corrected chi connectivity index (χ3v) is 3.33. The van der Waals surface area contributed by atoms with Crippen molar-refractivity contribution in [2.24, 2.45) is 0 Å². The Morgan fingerprint density at radius 2 is 1.92 bits per heavy atom. The molecule has 0 spiro atoms. The Morgan fingerprint density at radius 3 is 2.25 bits per heavy atom. The number of halogens is 1. The molecular formula is C7H16BrNO2S. The predicted molar refractivity (Wildman–Crippen MR) is 55.1 cm³/mol. The standard InChI is InChI=1S/C7H16BrNO2S/c1-4-12(10,11)9-7(3)5-6(2)8/h6-7,9H,4-5H2,1-3H3. The smallest absolute Gasteiger partial charge is 0.211 e. The minimum Gasteiger partial charge on any atom is -0.212 e. The Hall–Kier alpha value is 0.390. The van der Waals surface area contributed by atoms with Crippen molar-refractivity contribution in [2.45, 2.75) is 38.1 Å². The van der Waals surface area contributed by atoms with E-state index in [1.54, 1.807) is 6.92 Å². The summed E-state index contributed by atoms with van der Waals surface area (Å²) in [5, 5.41) is 0. The van der Waals surface area contributed by atoms with Crippen molar-refractivity contribution in [3.63, 3.8) is 0 Å². The lowest BCUT2D eigenvalue weighted by Gasteiger charge is -2.14. The topological polar surface area (TPSA) is 46.2 Å². The van der Waals surface area contributed by atoms with Gasteiger partial charge in [0.1, 0.15) is 0 Å². The predicted octanol–water partition coefficient (Wildman–Crippen LogP) is 1.49. The molecule has 0 aliphatic rings. The van der Waals surface area contributed by atoms with Gasteiger partial charge in [-0.3, -0.25) is 0 Å². The zero-order valence-electron chi connectivity index (χ0n) is 7.67. The molecule has 0 saturated heterocycles. The molecule has 0 aromatic rings. The van der Waals surface area contributed by atoms with E-state index in [2.05, 4.69) is 20.7 Å². The first-order valence-electron chi connectivity index (χ1n) is 4.01. The fourth-order valence-corrected chi connectivity index (χ4v) is 2.36. The van der Waals surface area contributed by atoms with Crippen LogP contribution in [-0.2, 0) is 10.0 Å². The molecule has 12 heavy (non-hydrogen) atoms. The van der Waals surface area contributed by atoms with Crippen LogP contribution in [0, 0.1) is 0 Å². The molecular weight excluding hydrogens is 242 g/mol. The van der Waals surface area contributed by atoms with Crippen molar-refractivity contribution >= 4 is 26.0 Å². The van der Waals surface area contributed by atoms with Crippen LogP contribution < -0.4 is 4.72 Å². The van der Waals surface area contributed by atoms with Gasteiger partial charge in [0.25, 0.3) is 0 Å². The van der Waals surface area contributed by atoms with Gasteiger partial charge in [-0.05, 0) is 20.3 Å². The van der Waals surface area contributed by atoms with Gasteiger partial charge in [-0.25, -0.2) is 13.1 Å². The van der Waals surface area contributed by atoms with Crippen LogP contribution >= 0.6 is 15.9 Å². The van der Waals surface area contributed by atoms with E-state index in [9.17, 15) is 8.42 Å². The fourth-order valence-electron chi connectivity index (χ4n) is 0.925. The van der Waals surface area contributed by atoms with Crippen molar-refractivity contribution in [1.82, 2.24) is 4.72 Å². The van der Waals surface area contributed by atoms with Gasteiger partial charge in [-0.15, -0.1) is 0 Å². The Morgan fingerprint density at radius 1 is 1.42 bits per heavy atom. The molecule has 0 saturated carbocycles. The first-order valence-corrected chi connectivity index (χ1v) is 6.58. The molecule has 0 fully saturated rings. The van der Waals surface area contributed by atoms with Gasteiger partial charge in [0.05, 0.1) is 5.75 Å². The Bertz CT molecular complexity index is 213. The average molecular weight is 258 g/mol.